The summed E-state index contributed by atoms with van der Waals surface area (Å²) in [5, 5.41) is 3.62. The van der Waals surface area contributed by atoms with Crippen LogP contribution in [0.2, 0.25) is 0 Å². The fourth-order valence-corrected chi connectivity index (χ4v) is 2.62. The Labute approximate surface area is 110 Å². The van der Waals surface area contributed by atoms with Crippen LogP contribution >= 0.6 is 0 Å². The van der Waals surface area contributed by atoms with Crippen LogP contribution in [0.4, 0.5) is 0 Å². The quantitative estimate of drug-likeness (QED) is 0.819. The highest BCUT2D eigenvalue weighted by Gasteiger charge is 2.30. The van der Waals surface area contributed by atoms with Crippen molar-refractivity contribution in [3.05, 3.63) is 35.9 Å². The number of hydrogen-bond acceptors (Lipinski definition) is 2. The lowest BCUT2D eigenvalue weighted by molar-refractivity contribution is 0.111. The minimum absolute atomic E-state index is 0.186. The monoisotopic (exact) mass is 242 g/mol. The van der Waals surface area contributed by atoms with E-state index in [4.69, 9.17) is 6.42 Å². The first-order chi connectivity index (χ1) is 8.76. The summed E-state index contributed by atoms with van der Waals surface area (Å²) in [5.41, 5.74) is 1.35. The molecule has 1 heterocycles. The van der Waals surface area contributed by atoms with Crippen LogP contribution in [0.5, 0.6) is 0 Å². The summed E-state index contributed by atoms with van der Waals surface area (Å²) in [4.78, 5) is 2.44. The Bertz CT molecular complexity index is 407. The van der Waals surface area contributed by atoms with Crippen molar-refractivity contribution in [2.75, 3.05) is 13.1 Å². The third-order valence-electron chi connectivity index (χ3n) is 3.85. The lowest BCUT2D eigenvalue weighted by atomic mass is 9.98. The SMILES string of the molecule is C#CC(C)N1CC(CC)NCC1c1ccccc1. The van der Waals surface area contributed by atoms with Gasteiger partial charge in [-0.25, -0.2) is 0 Å². The van der Waals surface area contributed by atoms with Gasteiger partial charge in [0.25, 0.3) is 0 Å². The summed E-state index contributed by atoms with van der Waals surface area (Å²) in [6, 6.07) is 11.8. The highest BCUT2D eigenvalue weighted by Crippen LogP contribution is 2.26. The molecule has 18 heavy (non-hydrogen) atoms. The van der Waals surface area contributed by atoms with Crippen LogP contribution in [0.1, 0.15) is 31.9 Å². The second-order valence-corrected chi connectivity index (χ2v) is 4.98. The van der Waals surface area contributed by atoms with E-state index in [1.54, 1.807) is 0 Å². The number of nitrogens with one attached hydrogen (secondary N) is 1. The predicted octanol–water partition coefficient (Wildman–Crippen LogP) is 2.43. The van der Waals surface area contributed by atoms with Crippen molar-refractivity contribution in [1.29, 1.82) is 0 Å². The molecule has 1 aromatic rings. The summed E-state index contributed by atoms with van der Waals surface area (Å²) < 4.78 is 0. The van der Waals surface area contributed by atoms with Crippen LogP contribution in [0.25, 0.3) is 0 Å². The van der Waals surface area contributed by atoms with E-state index in [1.165, 1.54) is 5.56 Å². The third-order valence-corrected chi connectivity index (χ3v) is 3.85. The largest absolute Gasteiger partial charge is 0.311 e. The molecule has 1 N–H and O–H groups in total. The molecule has 2 nitrogen and oxygen atoms in total. The fourth-order valence-electron chi connectivity index (χ4n) is 2.62. The minimum Gasteiger partial charge on any atom is -0.311 e. The maximum Gasteiger partial charge on any atom is 0.0689 e. The van der Waals surface area contributed by atoms with Gasteiger partial charge >= 0.3 is 0 Å². The molecule has 2 rings (SSSR count). The summed E-state index contributed by atoms with van der Waals surface area (Å²) in [6.07, 6.45) is 6.77. The van der Waals surface area contributed by atoms with E-state index in [0.717, 1.165) is 19.5 Å². The Kier molecular flexibility index (Phi) is 4.41. The number of benzene rings is 1. The Morgan fingerprint density at radius 2 is 2.17 bits per heavy atom. The topological polar surface area (TPSA) is 15.3 Å². The molecule has 1 aromatic carbocycles. The first-order valence-corrected chi connectivity index (χ1v) is 6.76. The van der Waals surface area contributed by atoms with E-state index in [1.807, 2.05) is 0 Å². The Morgan fingerprint density at radius 1 is 1.44 bits per heavy atom. The Morgan fingerprint density at radius 3 is 2.78 bits per heavy atom. The highest BCUT2D eigenvalue weighted by molar-refractivity contribution is 5.21. The summed E-state index contributed by atoms with van der Waals surface area (Å²) >= 11 is 0. The van der Waals surface area contributed by atoms with Gasteiger partial charge in [0.05, 0.1) is 6.04 Å². The minimum atomic E-state index is 0.186. The Hall–Kier alpha value is -1.30. The van der Waals surface area contributed by atoms with E-state index in [-0.39, 0.29) is 6.04 Å². The van der Waals surface area contributed by atoms with Crippen LogP contribution in [-0.4, -0.2) is 30.1 Å². The number of piperazine rings is 1. The molecule has 0 amide bonds. The molecule has 0 aromatic heterocycles. The average molecular weight is 242 g/mol. The van der Waals surface area contributed by atoms with E-state index >= 15 is 0 Å². The van der Waals surface area contributed by atoms with Gasteiger partial charge < -0.3 is 5.32 Å². The van der Waals surface area contributed by atoms with Crippen LogP contribution in [-0.2, 0) is 0 Å². The normalized spacial score (nSPS) is 26.5. The van der Waals surface area contributed by atoms with E-state index in [9.17, 15) is 0 Å². The fraction of sp³-hybridized carbons (Fsp3) is 0.500. The van der Waals surface area contributed by atoms with Gasteiger partial charge in [0, 0.05) is 25.2 Å². The van der Waals surface area contributed by atoms with Gasteiger partial charge in [-0.2, -0.15) is 0 Å². The molecule has 0 saturated carbocycles. The molecule has 1 fully saturated rings. The maximum absolute atomic E-state index is 5.62. The number of nitrogens with zero attached hydrogens (tertiary/aromatic N) is 1. The maximum atomic E-state index is 5.62. The molecule has 0 aliphatic carbocycles. The van der Waals surface area contributed by atoms with E-state index in [2.05, 4.69) is 60.3 Å². The number of hydrogen-bond donors (Lipinski definition) is 1. The van der Waals surface area contributed by atoms with Crippen molar-refractivity contribution in [2.24, 2.45) is 0 Å². The van der Waals surface area contributed by atoms with Crippen molar-refractivity contribution >= 4 is 0 Å². The summed E-state index contributed by atoms with van der Waals surface area (Å²) in [6.45, 7) is 6.35. The first kappa shape index (κ1) is 13.1. The van der Waals surface area contributed by atoms with Crippen molar-refractivity contribution in [3.8, 4) is 12.3 Å². The van der Waals surface area contributed by atoms with Gasteiger partial charge in [-0.3, -0.25) is 4.90 Å². The average Bonchev–Trinajstić information content (AvgIpc) is 2.46. The van der Waals surface area contributed by atoms with Crippen LogP contribution in [0, 0.1) is 12.3 Å². The molecule has 1 aliphatic rings. The Balaban J connectivity index is 2.20. The highest BCUT2D eigenvalue weighted by atomic mass is 15.2. The van der Waals surface area contributed by atoms with Crippen LogP contribution in [0.3, 0.4) is 0 Å². The molecular formula is C16H22N2. The summed E-state index contributed by atoms with van der Waals surface area (Å²) in [7, 11) is 0. The van der Waals surface area contributed by atoms with E-state index < -0.39 is 0 Å². The van der Waals surface area contributed by atoms with Gasteiger partial charge in [0.15, 0.2) is 0 Å². The van der Waals surface area contributed by atoms with Gasteiger partial charge in [-0.1, -0.05) is 43.2 Å². The zero-order chi connectivity index (χ0) is 13.0. The third kappa shape index (κ3) is 2.75. The standard InChI is InChI=1S/C16H22N2/c1-4-13(3)18-12-15(5-2)17-11-16(18)14-9-7-6-8-10-14/h1,6-10,13,15-17H,5,11-12H2,2-3H3. The zero-order valence-corrected chi connectivity index (χ0v) is 11.3. The molecule has 0 spiro atoms. The van der Waals surface area contributed by atoms with Crippen molar-refractivity contribution < 1.29 is 0 Å². The van der Waals surface area contributed by atoms with Crippen LogP contribution in [0.15, 0.2) is 30.3 Å². The van der Waals surface area contributed by atoms with Crippen molar-refractivity contribution in [1.82, 2.24) is 10.2 Å². The molecule has 96 valence electrons. The molecule has 3 unspecified atom stereocenters. The number of terminal acetylenes is 1. The molecular weight excluding hydrogens is 220 g/mol. The second-order valence-electron chi connectivity index (χ2n) is 4.98. The van der Waals surface area contributed by atoms with Gasteiger partial charge in [-0.05, 0) is 18.9 Å². The lowest BCUT2D eigenvalue weighted by Gasteiger charge is -2.42. The predicted molar refractivity (Wildman–Crippen MR) is 76.3 cm³/mol. The van der Waals surface area contributed by atoms with Crippen molar-refractivity contribution in [2.45, 2.75) is 38.4 Å². The first-order valence-electron chi connectivity index (χ1n) is 6.76. The van der Waals surface area contributed by atoms with Gasteiger partial charge in [-0.15, -0.1) is 6.42 Å². The van der Waals surface area contributed by atoms with Gasteiger partial charge in [0.1, 0.15) is 0 Å². The zero-order valence-electron chi connectivity index (χ0n) is 11.3. The van der Waals surface area contributed by atoms with Gasteiger partial charge in [0.2, 0.25) is 0 Å². The molecule has 0 bridgehead atoms. The molecule has 3 atom stereocenters. The molecule has 0 radical (unpaired) electrons. The van der Waals surface area contributed by atoms with Crippen molar-refractivity contribution in [3.63, 3.8) is 0 Å². The molecule has 1 saturated heterocycles. The lowest BCUT2D eigenvalue weighted by Crippen LogP contribution is -2.54. The number of rotatable bonds is 3. The second kappa shape index (κ2) is 6.04. The molecule has 1 aliphatic heterocycles. The smallest absolute Gasteiger partial charge is 0.0689 e. The van der Waals surface area contributed by atoms with E-state index in [0.29, 0.717) is 12.1 Å². The molecule has 2 heteroatoms. The van der Waals surface area contributed by atoms with Crippen LogP contribution < -0.4 is 5.32 Å². The summed E-state index contributed by atoms with van der Waals surface area (Å²) in [5.74, 6) is 2.88.